The molecule has 2 fully saturated rings. The summed E-state index contributed by atoms with van der Waals surface area (Å²) in [5, 5.41) is 7.12. The lowest BCUT2D eigenvalue weighted by Crippen LogP contribution is -2.46. The van der Waals surface area contributed by atoms with Crippen LogP contribution >= 0.6 is 0 Å². The minimum atomic E-state index is 0.404. The van der Waals surface area contributed by atoms with E-state index in [-0.39, 0.29) is 0 Å². The number of benzene rings is 1. The molecule has 1 aromatic carbocycles. The summed E-state index contributed by atoms with van der Waals surface area (Å²) >= 11 is 0. The zero-order chi connectivity index (χ0) is 18.4. The van der Waals surface area contributed by atoms with E-state index in [4.69, 9.17) is 4.74 Å². The zero-order valence-electron chi connectivity index (χ0n) is 16.4. The predicted molar refractivity (Wildman–Crippen MR) is 108 cm³/mol. The van der Waals surface area contributed by atoms with Gasteiger partial charge in [-0.1, -0.05) is 19.1 Å². The molecule has 0 aliphatic carbocycles. The normalized spacial score (nSPS) is 24.1. The summed E-state index contributed by atoms with van der Waals surface area (Å²) < 4.78 is 5.51. The number of hydrogen-bond acceptors (Lipinski definition) is 4. The van der Waals surface area contributed by atoms with Gasteiger partial charge in [0.2, 0.25) is 0 Å². The van der Waals surface area contributed by atoms with Crippen LogP contribution in [0.4, 0.5) is 5.69 Å². The summed E-state index contributed by atoms with van der Waals surface area (Å²) in [6.45, 7) is 8.82. The predicted octanol–water partition coefficient (Wildman–Crippen LogP) is 1.78. The Labute approximate surface area is 157 Å². The van der Waals surface area contributed by atoms with Crippen molar-refractivity contribution >= 4 is 11.6 Å². The number of anilines is 1. The fraction of sp³-hybridized carbons (Fsp3) is 0.650. The van der Waals surface area contributed by atoms with Crippen LogP contribution in [0.2, 0.25) is 0 Å². The van der Waals surface area contributed by atoms with Gasteiger partial charge in [0.1, 0.15) is 5.75 Å². The Morgan fingerprint density at radius 1 is 1.23 bits per heavy atom. The van der Waals surface area contributed by atoms with E-state index < -0.39 is 0 Å². The third-order valence-corrected chi connectivity index (χ3v) is 5.55. The molecule has 0 bridgehead atoms. The van der Waals surface area contributed by atoms with Crippen molar-refractivity contribution in [2.45, 2.75) is 25.8 Å². The molecule has 144 valence electrons. The first-order valence-corrected chi connectivity index (χ1v) is 9.81. The van der Waals surface area contributed by atoms with E-state index in [2.05, 4.69) is 44.5 Å². The first-order chi connectivity index (χ1) is 12.7. The molecule has 26 heavy (non-hydrogen) atoms. The van der Waals surface area contributed by atoms with Crippen LogP contribution in [-0.2, 0) is 0 Å². The van der Waals surface area contributed by atoms with E-state index >= 15 is 0 Å². The molecule has 0 amide bonds. The largest absolute Gasteiger partial charge is 0.495 e. The molecular weight excluding hydrogens is 326 g/mol. The summed E-state index contributed by atoms with van der Waals surface area (Å²) in [6, 6.07) is 8.65. The van der Waals surface area contributed by atoms with Crippen LogP contribution < -0.4 is 20.3 Å². The van der Waals surface area contributed by atoms with E-state index in [1.807, 2.05) is 19.2 Å². The number of likely N-dealkylation sites (tertiary alicyclic amines) is 1. The Kier molecular flexibility index (Phi) is 6.61. The molecule has 2 atom stereocenters. The van der Waals surface area contributed by atoms with Crippen molar-refractivity contribution in [3.63, 3.8) is 0 Å². The van der Waals surface area contributed by atoms with Gasteiger partial charge in [-0.2, -0.15) is 0 Å². The second-order valence-electron chi connectivity index (χ2n) is 7.25. The monoisotopic (exact) mass is 359 g/mol. The molecule has 0 saturated carbocycles. The van der Waals surface area contributed by atoms with Crippen molar-refractivity contribution < 1.29 is 4.74 Å². The van der Waals surface area contributed by atoms with E-state index in [1.165, 1.54) is 25.2 Å². The number of nitrogens with one attached hydrogen (secondary N) is 2. The first kappa shape index (κ1) is 18.8. The third kappa shape index (κ3) is 4.61. The lowest BCUT2D eigenvalue weighted by Gasteiger charge is -2.22. The minimum absolute atomic E-state index is 0.404. The molecule has 6 nitrogen and oxygen atoms in total. The van der Waals surface area contributed by atoms with E-state index in [0.29, 0.717) is 6.04 Å². The van der Waals surface area contributed by atoms with Crippen LogP contribution in [0.5, 0.6) is 5.75 Å². The molecule has 0 aromatic heterocycles. The molecule has 2 saturated heterocycles. The van der Waals surface area contributed by atoms with Crippen molar-refractivity contribution in [3.05, 3.63) is 24.3 Å². The zero-order valence-corrected chi connectivity index (χ0v) is 16.4. The topological polar surface area (TPSA) is 52.1 Å². The van der Waals surface area contributed by atoms with Gasteiger partial charge in [-0.15, -0.1) is 0 Å². The van der Waals surface area contributed by atoms with E-state index in [9.17, 15) is 0 Å². The summed E-state index contributed by atoms with van der Waals surface area (Å²) in [6.07, 6.45) is 2.38. The molecule has 2 aliphatic rings. The van der Waals surface area contributed by atoms with Gasteiger partial charge in [0, 0.05) is 39.3 Å². The van der Waals surface area contributed by atoms with Gasteiger partial charge in [0.15, 0.2) is 5.96 Å². The molecule has 2 unspecified atom stereocenters. The first-order valence-electron chi connectivity index (χ1n) is 9.81. The number of rotatable bonds is 6. The second-order valence-corrected chi connectivity index (χ2v) is 7.25. The lowest BCUT2D eigenvalue weighted by molar-refractivity contribution is 0.341. The second kappa shape index (κ2) is 9.12. The van der Waals surface area contributed by atoms with Crippen LogP contribution in [0.1, 0.15) is 19.8 Å². The standard InChI is InChI=1S/C20H33N5O/c1-4-24-11-9-16(14-24)13-22-20(21-2)23-17-10-12-25(15-17)18-7-5-6-8-19(18)26-3/h5-8,16-17H,4,9-15H2,1-3H3,(H2,21,22,23). The minimum Gasteiger partial charge on any atom is -0.495 e. The van der Waals surface area contributed by atoms with E-state index in [0.717, 1.165) is 50.2 Å². The molecule has 0 radical (unpaired) electrons. The highest BCUT2D eigenvalue weighted by Crippen LogP contribution is 2.30. The maximum Gasteiger partial charge on any atom is 0.191 e. The Morgan fingerprint density at radius 2 is 2.08 bits per heavy atom. The SMILES string of the molecule is CCN1CCC(CNC(=NC)NC2CCN(c3ccccc3OC)C2)C1. The highest BCUT2D eigenvalue weighted by molar-refractivity contribution is 5.80. The maximum absolute atomic E-state index is 5.51. The number of aliphatic imine (C=N–C) groups is 1. The van der Waals surface area contributed by atoms with E-state index in [1.54, 1.807) is 7.11 Å². The van der Waals surface area contributed by atoms with Crippen LogP contribution in [0, 0.1) is 5.92 Å². The fourth-order valence-electron chi connectivity index (χ4n) is 3.98. The van der Waals surface area contributed by atoms with Gasteiger partial charge < -0.3 is 25.2 Å². The Morgan fingerprint density at radius 3 is 2.81 bits per heavy atom. The maximum atomic E-state index is 5.51. The van der Waals surface area contributed by atoms with Crippen molar-refractivity contribution in [2.75, 3.05) is 58.3 Å². The molecule has 6 heteroatoms. The van der Waals surface area contributed by atoms with Crippen molar-refractivity contribution in [1.29, 1.82) is 0 Å². The molecule has 2 N–H and O–H groups in total. The lowest BCUT2D eigenvalue weighted by atomic mass is 10.1. The average Bonchev–Trinajstić information content (AvgIpc) is 3.34. The van der Waals surface area contributed by atoms with Gasteiger partial charge >= 0.3 is 0 Å². The fourth-order valence-corrected chi connectivity index (χ4v) is 3.98. The Hall–Kier alpha value is -1.95. The number of guanidine groups is 1. The third-order valence-electron chi connectivity index (χ3n) is 5.55. The molecule has 1 aromatic rings. The number of ether oxygens (including phenoxy) is 1. The quantitative estimate of drug-likeness (QED) is 0.599. The molecule has 0 spiro atoms. The van der Waals surface area contributed by atoms with Gasteiger partial charge in [-0.3, -0.25) is 4.99 Å². The number of para-hydroxylation sites is 2. The highest BCUT2D eigenvalue weighted by Gasteiger charge is 2.26. The van der Waals surface area contributed by atoms with Crippen LogP contribution in [0.15, 0.2) is 29.3 Å². The van der Waals surface area contributed by atoms with Crippen LogP contribution in [-0.4, -0.2) is 70.3 Å². The molecular formula is C20H33N5O. The smallest absolute Gasteiger partial charge is 0.191 e. The summed E-state index contributed by atoms with van der Waals surface area (Å²) in [5.74, 6) is 2.59. The number of nitrogens with zero attached hydrogens (tertiary/aromatic N) is 3. The number of hydrogen-bond donors (Lipinski definition) is 2. The summed E-state index contributed by atoms with van der Waals surface area (Å²) in [5.41, 5.74) is 1.17. The molecule has 3 rings (SSSR count). The Bertz CT molecular complexity index is 606. The van der Waals surface area contributed by atoms with Crippen molar-refractivity contribution in [1.82, 2.24) is 15.5 Å². The summed E-state index contributed by atoms with van der Waals surface area (Å²) in [4.78, 5) is 9.33. The van der Waals surface area contributed by atoms with Crippen molar-refractivity contribution in [2.24, 2.45) is 10.9 Å². The van der Waals surface area contributed by atoms with Gasteiger partial charge in [-0.25, -0.2) is 0 Å². The molecule has 2 heterocycles. The van der Waals surface area contributed by atoms with Gasteiger partial charge in [0.05, 0.1) is 12.8 Å². The van der Waals surface area contributed by atoms with Crippen molar-refractivity contribution in [3.8, 4) is 5.75 Å². The van der Waals surface area contributed by atoms with Crippen LogP contribution in [0.25, 0.3) is 0 Å². The summed E-state index contributed by atoms with van der Waals surface area (Å²) in [7, 11) is 3.59. The molecule has 2 aliphatic heterocycles. The van der Waals surface area contributed by atoms with Gasteiger partial charge in [-0.05, 0) is 44.0 Å². The van der Waals surface area contributed by atoms with Gasteiger partial charge in [0.25, 0.3) is 0 Å². The number of methoxy groups -OCH3 is 1. The average molecular weight is 360 g/mol. The van der Waals surface area contributed by atoms with Crippen LogP contribution in [0.3, 0.4) is 0 Å². The Balaban J connectivity index is 1.48. The highest BCUT2D eigenvalue weighted by atomic mass is 16.5.